The van der Waals surface area contributed by atoms with Crippen LogP contribution in [-0.4, -0.2) is 27.1 Å². The van der Waals surface area contributed by atoms with E-state index in [0.29, 0.717) is 35.8 Å². The Morgan fingerprint density at radius 2 is 2.42 bits per heavy atom. The van der Waals surface area contributed by atoms with Gasteiger partial charge in [0.2, 0.25) is 0 Å². The maximum atomic E-state index is 11.3. The van der Waals surface area contributed by atoms with E-state index >= 15 is 0 Å². The maximum absolute atomic E-state index is 11.3. The summed E-state index contributed by atoms with van der Waals surface area (Å²) in [5.41, 5.74) is 1.55. The zero-order valence-corrected chi connectivity index (χ0v) is 12.1. The quantitative estimate of drug-likeness (QED) is 0.681. The minimum absolute atomic E-state index is 0.190. The number of carbonyl (C=O) groups excluding carboxylic acids is 1. The number of halogens is 1. The van der Waals surface area contributed by atoms with Crippen molar-refractivity contribution in [3.8, 4) is 0 Å². The van der Waals surface area contributed by atoms with Gasteiger partial charge in [-0.1, -0.05) is 11.6 Å². The molecular weight excluding hydrogens is 286 g/mol. The highest BCUT2D eigenvalue weighted by atomic mass is 35.5. The van der Waals surface area contributed by atoms with Crippen LogP contribution in [-0.2, 0) is 16.1 Å². The standard InChI is InChI=1S/C12H14ClN3O2S/c1-2-18-10(17)4-3-5-16-11-9(15-12(16)19)6-8(13)7-14-11/h6-7H,2-5H2,1H3,(H,15,19). The first-order chi connectivity index (χ1) is 9.11. The van der Waals surface area contributed by atoms with Crippen molar-refractivity contribution in [2.75, 3.05) is 6.61 Å². The minimum atomic E-state index is -0.190. The monoisotopic (exact) mass is 299 g/mol. The Kier molecular flexibility index (Phi) is 4.55. The average Bonchev–Trinajstić information content (AvgIpc) is 2.65. The number of aromatic nitrogens is 3. The molecule has 2 aromatic rings. The number of carbonyl (C=O) groups is 1. The lowest BCUT2D eigenvalue weighted by molar-refractivity contribution is -0.143. The average molecular weight is 300 g/mol. The second-order valence-electron chi connectivity index (χ2n) is 4.02. The largest absolute Gasteiger partial charge is 0.466 e. The van der Waals surface area contributed by atoms with Crippen molar-refractivity contribution in [1.82, 2.24) is 14.5 Å². The number of esters is 1. The predicted octanol–water partition coefficient (Wildman–Crippen LogP) is 3.09. The fourth-order valence-corrected chi connectivity index (χ4v) is 2.29. The Balaban J connectivity index is 2.10. The molecule has 0 aliphatic heterocycles. The van der Waals surface area contributed by atoms with E-state index in [1.807, 2.05) is 4.57 Å². The number of pyridine rings is 1. The Morgan fingerprint density at radius 3 is 3.16 bits per heavy atom. The summed E-state index contributed by atoms with van der Waals surface area (Å²) in [4.78, 5) is 18.6. The SMILES string of the molecule is CCOC(=O)CCCn1c(=S)[nH]c2cc(Cl)cnc21. The number of H-pyrrole nitrogens is 1. The molecule has 0 aromatic carbocycles. The first kappa shape index (κ1) is 14.0. The molecule has 0 unspecified atom stereocenters. The number of fused-ring (bicyclic) bond motifs is 1. The number of aromatic amines is 1. The van der Waals surface area contributed by atoms with Crippen molar-refractivity contribution in [3.63, 3.8) is 0 Å². The van der Waals surface area contributed by atoms with E-state index < -0.39 is 0 Å². The van der Waals surface area contributed by atoms with Crippen LogP contribution in [0.2, 0.25) is 5.02 Å². The van der Waals surface area contributed by atoms with Gasteiger partial charge in [0.15, 0.2) is 10.4 Å². The van der Waals surface area contributed by atoms with Crippen molar-refractivity contribution in [3.05, 3.63) is 22.1 Å². The third-order valence-corrected chi connectivity index (χ3v) is 3.17. The summed E-state index contributed by atoms with van der Waals surface area (Å²) in [6.07, 6.45) is 2.61. The number of aryl methyl sites for hydroxylation is 1. The van der Waals surface area contributed by atoms with E-state index in [1.54, 1.807) is 19.2 Å². The van der Waals surface area contributed by atoms with Gasteiger partial charge < -0.3 is 14.3 Å². The molecule has 102 valence electrons. The van der Waals surface area contributed by atoms with Crippen molar-refractivity contribution >= 4 is 41.0 Å². The molecule has 0 radical (unpaired) electrons. The number of hydrogen-bond donors (Lipinski definition) is 1. The molecule has 0 bridgehead atoms. The van der Waals surface area contributed by atoms with Gasteiger partial charge in [-0.15, -0.1) is 0 Å². The number of rotatable bonds is 5. The lowest BCUT2D eigenvalue weighted by Gasteiger charge is -2.04. The van der Waals surface area contributed by atoms with Crippen LogP contribution in [0.4, 0.5) is 0 Å². The number of nitrogens with zero attached hydrogens (tertiary/aromatic N) is 2. The molecular formula is C12H14ClN3O2S. The molecule has 0 amide bonds. The molecule has 0 atom stereocenters. The van der Waals surface area contributed by atoms with Crippen LogP contribution in [0.3, 0.4) is 0 Å². The summed E-state index contributed by atoms with van der Waals surface area (Å²) in [6.45, 7) is 2.82. The van der Waals surface area contributed by atoms with Crippen LogP contribution < -0.4 is 0 Å². The van der Waals surface area contributed by atoms with Crippen molar-refractivity contribution < 1.29 is 9.53 Å². The van der Waals surface area contributed by atoms with E-state index in [4.69, 9.17) is 28.6 Å². The minimum Gasteiger partial charge on any atom is -0.466 e. The topological polar surface area (TPSA) is 59.9 Å². The first-order valence-electron chi connectivity index (χ1n) is 6.01. The van der Waals surface area contributed by atoms with Crippen molar-refractivity contribution in [2.45, 2.75) is 26.3 Å². The fourth-order valence-electron chi connectivity index (χ4n) is 1.84. The van der Waals surface area contributed by atoms with Gasteiger partial charge in [0, 0.05) is 19.2 Å². The van der Waals surface area contributed by atoms with Crippen molar-refractivity contribution in [2.24, 2.45) is 0 Å². The van der Waals surface area contributed by atoms with Crippen LogP contribution in [0.15, 0.2) is 12.3 Å². The molecule has 0 aliphatic carbocycles. The van der Waals surface area contributed by atoms with Crippen LogP contribution in [0.25, 0.3) is 11.2 Å². The molecule has 2 rings (SSSR count). The summed E-state index contributed by atoms with van der Waals surface area (Å²) < 4.78 is 7.32. The van der Waals surface area contributed by atoms with Crippen LogP contribution >= 0.6 is 23.8 Å². The molecule has 19 heavy (non-hydrogen) atoms. The third-order valence-electron chi connectivity index (χ3n) is 2.64. The fraction of sp³-hybridized carbons (Fsp3) is 0.417. The van der Waals surface area contributed by atoms with Gasteiger partial charge in [0.25, 0.3) is 0 Å². The number of imidazole rings is 1. The molecule has 0 fully saturated rings. The number of nitrogens with one attached hydrogen (secondary N) is 1. The Hall–Kier alpha value is -1.40. The lowest BCUT2D eigenvalue weighted by atomic mass is 10.3. The highest BCUT2D eigenvalue weighted by molar-refractivity contribution is 7.71. The lowest BCUT2D eigenvalue weighted by Crippen LogP contribution is -2.06. The summed E-state index contributed by atoms with van der Waals surface area (Å²) >= 11 is 11.1. The van der Waals surface area contributed by atoms with Crippen molar-refractivity contribution in [1.29, 1.82) is 0 Å². The maximum Gasteiger partial charge on any atom is 0.305 e. The summed E-state index contributed by atoms with van der Waals surface area (Å²) in [6, 6.07) is 1.78. The number of ether oxygens (including phenoxy) is 1. The molecule has 2 aromatic heterocycles. The van der Waals surface area contributed by atoms with E-state index in [9.17, 15) is 4.79 Å². The molecule has 1 N–H and O–H groups in total. The van der Waals surface area contributed by atoms with Gasteiger partial charge in [0.05, 0.1) is 17.1 Å². The van der Waals surface area contributed by atoms with Crippen LogP contribution in [0.1, 0.15) is 19.8 Å². The van der Waals surface area contributed by atoms with Gasteiger partial charge in [-0.25, -0.2) is 4.98 Å². The van der Waals surface area contributed by atoms with Crippen LogP contribution in [0, 0.1) is 4.77 Å². The molecule has 5 nitrogen and oxygen atoms in total. The molecule has 0 aliphatic rings. The summed E-state index contributed by atoms with van der Waals surface area (Å²) in [5, 5.41) is 0.558. The zero-order chi connectivity index (χ0) is 13.8. The van der Waals surface area contributed by atoms with E-state index in [0.717, 1.165) is 11.2 Å². The molecule has 0 saturated heterocycles. The Morgan fingerprint density at radius 1 is 1.63 bits per heavy atom. The molecule has 2 heterocycles. The second-order valence-corrected chi connectivity index (χ2v) is 4.84. The Bertz CT molecular complexity index is 650. The van der Waals surface area contributed by atoms with E-state index in [-0.39, 0.29) is 5.97 Å². The highest BCUT2D eigenvalue weighted by Gasteiger charge is 2.07. The zero-order valence-electron chi connectivity index (χ0n) is 10.5. The van der Waals surface area contributed by atoms with E-state index in [1.165, 1.54) is 0 Å². The first-order valence-corrected chi connectivity index (χ1v) is 6.80. The summed E-state index contributed by atoms with van der Waals surface area (Å²) in [5.74, 6) is -0.190. The Labute approximate surface area is 120 Å². The third kappa shape index (κ3) is 3.33. The van der Waals surface area contributed by atoms with Gasteiger partial charge in [0.1, 0.15) is 0 Å². The van der Waals surface area contributed by atoms with E-state index in [2.05, 4.69) is 9.97 Å². The second kappa shape index (κ2) is 6.16. The summed E-state index contributed by atoms with van der Waals surface area (Å²) in [7, 11) is 0. The molecule has 0 saturated carbocycles. The normalized spacial score (nSPS) is 10.8. The number of hydrogen-bond acceptors (Lipinski definition) is 4. The predicted molar refractivity (Wildman–Crippen MR) is 75.8 cm³/mol. The molecule has 7 heteroatoms. The van der Waals surface area contributed by atoms with Gasteiger partial charge >= 0.3 is 5.97 Å². The molecule has 0 spiro atoms. The highest BCUT2D eigenvalue weighted by Crippen LogP contribution is 2.16. The smallest absolute Gasteiger partial charge is 0.305 e. The van der Waals surface area contributed by atoms with Crippen LogP contribution in [0.5, 0.6) is 0 Å². The van der Waals surface area contributed by atoms with Gasteiger partial charge in [-0.2, -0.15) is 0 Å². The van der Waals surface area contributed by atoms with Gasteiger partial charge in [-0.05, 0) is 31.6 Å². The van der Waals surface area contributed by atoms with Gasteiger partial charge in [-0.3, -0.25) is 4.79 Å².